The summed E-state index contributed by atoms with van der Waals surface area (Å²) in [6, 6.07) is 3.80. The lowest BCUT2D eigenvalue weighted by molar-refractivity contribution is -0.384. The Morgan fingerprint density at radius 1 is 1.50 bits per heavy atom. The molecule has 0 unspecified atom stereocenters. The molecule has 0 aliphatic heterocycles. The van der Waals surface area contributed by atoms with Crippen LogP contribution in [-0.4, -0.2) is 25.6 Å². The average molecular weight is 277 g/mol. The second-order valence-corrected chi connectivity index (χ2v) is 3.79. The Labute approximate surface area is 112 Å². The molecule has 2 rings (SSSR count). The summed E-state index contributed by atoms with van der Waals surface area (Å²) in [7, 11) is 1.62. The number of nitrogens with one attached hydrogen (secondary N) is 2. The molecule has 0 atom stereocenters. The van der Waals surface area contributed by atoms with Gasteiger partial charge < -0.3 is 5.43 Å². The molecule has 20 heavy (non-hydrogen) atoms. The summed E-state index contributed by atoms with van der Waals surface area (Å²) in [6.45, 7) is 0. The first-order valence-corrected chi connectivity index (χ1v) is 5.43. The molecule has 0 aliphatic rings. The van der Waals surface area contributed by atoms with Crippen LogP contribution in [0.5, 0.6) is 0 Å². The number of aromatic nitrogens is 3. The number of amides is 1. The number of hydrogen-bond donors (Lipinski definition) is 3. The molecule has 0 bridgehead atoms. The Hall–Kier alpha value is -3.01. The van der Waals surface area contributed by atoms with Crippen molar-refractivity contribution in [2.24, 2.45) is 12.9 Å². The molecular weight excluding hydrogens is 266 g/mol. The Bertz CT molecular complexity index is 667. The van der Waals surface area contributed by atoms with Crippen molar-refractivity contribution in [2.45, 2.75) is 0 Å². The van der Waals surface area contributed by atoms with Gasteiger partial charge >= 0.3 is 0 Å². The summed E-state index contributed by atoms with van der Waals surface area (Å²) in [6.07, 6.45) is 1.29. The number of hydrogen-bond acceptors (Lipinski definition) is 7. The number of anilines is 2. The maximum absolute atomic E-state index is 12.0. The second kappa shape index (κ2) is 5.32. The van der Waals surface area contributed by atoms with Crippen LogP contribution in [-0.2, 0) is 7.05 Å². The number of aryl methyl sites for hydroxylation is 1. The van der Waals surface area contributed by atoms with Crippen molar-refractivity contribution >= 4 is 23.2 Å². The third-order valence-electron chi connectivity index (χ3n) is 2.55. The molecule has 10 nitrogen and oxygen atoms in total. The van der Waals surface area contributed by atoms with E-state index < -0.39 is 10.8 Å². The molecule has 0 radical (unpaired) electrons. The fourth-order valence-corrected chi connectivity index (χ4v) is 1.54. The van der Waals surface area contributed by atoms with Gasteiger partial charge in [-0.05, 0) is 12.1 Å². The molecule has 104 valence electrons. The zero-order valence-corrected chi connectivity index (χ0v) is 10.4. The lowest BCUT2D eigenvalue weighted by Crippen LogP contribution is -2.16. The van der Waals surface area contributed by atoms with E-state index >= 15 is 0 Å². The molecule has 0 saturated heterocycles. The minimum absolute atomic E-state index is 0.0422. The summed E-state index contributed by atoms with van der Waals surface area (Å²) < 4.78 is 1.38. The van der Waals surface area contributed by atoms with Crippen LogP contribution < -0.4 is 16.6 Å². The summed E-state index contributed by atoms with van der Waals surface area (Å²) in [5.41, 5.74) is 2.21. The molecule has 0 saturated carbocycles. The molecule has 0 aliphatic carbocycles. The van der Waals surface area contributed by atoms with Crippen molar-refractivity contribution in [3.8, 4) is 0 Å². The number of hydrazine groups is 1. The molecule has 0 fully saturated rings. The summed E-state index contributed by atoms with van der Waals surface area (Å²) in [4.78, 5) is 26.0. The van der Waals surface area contributed by atoms with Crippen LogP contribution in [0.4, 0.5) is 17.3 Å². The number of benzene rings is 1. The molecule has 2 aromatic rings. The van der Waals surface area contributed by atoms with Crippen molar-refractivity contribution in [1.82, 2.24) is 14.8 Å². The van der Waals surface area contributed by atoms with Crippen LogP contribution in [0.15, 0.2) is 24.5 Å². The lowest BCUT2D eigenvalue weighted by atomic mass is 10.1. The van der Waals surface area contributed by atoms with Crippen LogP contribution in [0.2, 0.25) is 0 Å². The number of carbonyl (C=O) groups excluding carboxylic acids is 1. The summed E-state index contributed by atoms with van der Waals surface area (Å²) in [5.74, 6) is 4.99. The zero-order valence-electron chi connectivity index (χ0n) is 10.4. The predicted molar refractivity (Wildman–Crippen MR) is 69.9 cm³/mol. The largest absolute Gasteiger partial charge is 0.318 e. The first-order valence-electron chi connectivity index (χ1n) is 5.43. The Morgan fingerprint density at radius 3 is 2.80 bits per heavy atom. The smallest absolute Gasteiger partial charge is 0.293 e. The van der Waals surface area contributed by atoms with Gasteiger partial charge in [0, 0.05) is 18.7 Å². The Morgan fingerprint density at radius 2 is 2.25 bits per heavy atom. The minimum Gasteiger partial charge on any atom is -0.318 e. The van der Waals surface area contributed by atoms with Crippen LogP contribution in [0.1, 0.15) is 10.4 Å². The van der Waals surface area contributed by atoms with Gasteiger partial charge in [-0.15, -0.1) is 0 Å². The van der Waals surface area contributed by atoms with Crippen LogP contribution in [0.3, 0.4) is 0 Å². The van der Waals surface area contributed by atoms with E-state index in [-0.39, 0.29) is 22.9 Å². The zero-order chi connectivity index (χ0) is 14.7. The van der Waals surface area contributed by atoms with Gasteiger partial charge in [-0.3, -0.25) is 26.1 Å². The molecule has 1 aromatic heterocycles. The van der Waals surface area contributed by atoms with Crippen LogP contribution in [0.25, 0.3) is 0 Å². The molecule has 1 aromatic carbocycles. The van der Waals surface area contributed by atoms with Crippen molar-refractivity contribution in [3.63, 3.8) is 0 Å². The van der Waals surface area contributed by atoms with Crippen LogP contribution in [0, 0.1) is 10.1 Å². The van der Waals surface area contributed by atoms with Crippen molar-refractivity contribution < 1.29 is 9.72 Å². The van der Waals surface area contributed by atoms with Gasteiger partial charge in [-0.2, -0.15) is 10.1 Å². The Kier molecular flexibility index (Phi) is 3.57. The highest BCUT2D eigenvalue weighted by Gasteiger charge is 2.17. The van der Waals surface area contributed by atoms with Crippen molar-refractivity contribution in [3.05, 3.63) is 40.2 Å². The first kappa shape index (κ1) is 13.4. The standard InChI is InChI=1S/C10H11N7O3/c1-16-10(12-5-13-16)14-9(18)6-2-3-8(17(19)20)7(4-6)15-11/h2-5,15H,11H2,1H3,(H,12,13,14,18). The monoisotopic (exact) mass is 277 g/mol. The number of carbonyl (C=O) groups is 1. The maximum atomic E-state index is 12.0. The first-order chi connectivity index (χ1) is 9.52. The van der Waals surface area contributed by atoms with Crippen molar-refractivity contribution in [2.75, 3.05) is 10.7 Å². The van der Waals surface area contributed by atoms with E-state index in [2.05, 4.69) is 20.8 Å². The predicted octanol–water partition coefficient (Wildman–Crippen LogP) is 0.261. The fourth-order valence-electron chi connectivity index (χ4n) is 1.54. The maximum Gasteiger partial charge on any atom is 0.293 e. The number of rotatable bonds is 4. The minimum atomic E-state index is -0.598. The highest BCUT2D eigenvalue weighted by Crippen LogP contribution is 2.24. The number of nitrogens with two attached hydrogens (primary N) is 1. The van der Waals surface area contributed by atoms with Gasteiger partial charge in [0.15, 0.2) is 0 Å². The van der Waals surface area contributed by atoms with E-state index in [4.69, 9.17) is 5.84 Å². The van der Waals surface area contributed by atoms with Gasteiger partial charge in [0.05, 0.1) is 4.92 Å². The fraction of sp³-hybridized carbons (Fsp3) is 0.100. The van der Waals surface area contributed by atoms with E-state index in [0.29, 0.717) is 0 Å². The average Bonchev–Trinajstić information content (AvgIpc) is 2.83. The van der Waals surface area contributed by atoms with E-state index in [0.717, 1.165) is 0 Å². The van der Waals surface area contributed by atoms with Gasteiger partial charge in [-0.25, -0.2) is 4.68 Å². The molecule has 1 heterocycles. The summed E-state index contributed by atoms with van der Waals surface area (Å²) >= 11 is 0. The summed E-state index contributed by atoms with van der Waals surface area (Å²) in [5, 5.41) is 17.1. The molecule has 10 heteroatoms. The second-order valence-electron chi connectivity index (χ2n) is 3.79. The van der Waals surface area contributed by atoms with E-state index in [9.17, 15) is 14.9 Å². The normalized spacial score (nSPS) is 10.1. The number of nitrogen functional groups attached to an aromatic ring is 1. The highest BCUT2D eigenvalue weighted by molar-refractivity contribution is 6.04. The lowest BCUT2D eigenvalue weighted by Gasteiger charge is -2.06. The van der Waals surface area contributed by atoms with Gasteiger partial charge in [0.2, 0.25) is 5.95 Å². The van der Waals surface area contributed by atoms with E-state index in [1.165, 1.54) is 29.2 Å². The quantitative estimate of drug-likeness (QED) is 0.413. The van der Waals surface area contributed by atoms with Crippen molar-refractivity contribution in [1.29, 1.82) is 0 Å². The highest BCUT2D eigenvalue weighted by atomic mass is 16.6. The SMILES string of the molecule is Cn1ncnc1NC(=O)c1ccc([N+](=O)[O-])c(NN)c1. The van der Waals surface area contributed by atoms with Crippen LogP contribution >= 0.6 is 0 Å². The number of nitro benzene ring substituents is 1. The third kappa shape index (κ3) is 2.54. The molecule has 1 amide bonds. The van der Waals surface area contributed by atoms with E-state index in [1.807, 2.05) is 0 Å². The molecule has 0 spiro atoms. The van der Waals surface area contributed by atoms with Gasteiger partial charge in [0.1, 0.15) is 12.0 Å². The number of nitrogens with zero attached hydrogens (tertiary/aromatic N) is 4. The third-order valence-corrected chi connectivity index (χ3v) is 2.55. The topological polar surface area (TPSA) is 141 Å². The van der Waals surface area contributed by atoms with Gasteiger partial charge in [0.25, 0.3) is 11.6 Å². The van der Waals surface area contributed by atoms with E-state index in [1.54, 1.807) is 7.05 Å². The Balaban J connectivity index is 2.27. The van der Waals surface area contributed by atoms with Gasteiger partial charge in [-0.1, -0.05) is 0 Å². The number of nitro groups is 1. The molecular formula is C10H11N7O3. The molecule has 4 N–H and O–H groups in total.